The zero-order valence-corrected chi connectivity index (χ0v) is 28.9. The van der Waals surface area contributed by atoms with Gasteiger partial charge in [-0.2, -0.15) is 0 Å². The van der Waals surface area contributed by atoms with Crippen LogP contribution < -0.4 is 10.6 Å². The third-order valence-corrected chi connectivity index (χ3v) is 19.7. The van der Waals surface area contributed by atoms with E-state index in [2.05, 4.69) is 141 Å². The molecule has 0 saturated heterocycles. The summed E-state index contributed by atoms with van der Waals surface area (Å²) in [4.78, 5) is 0. The van der Waals surface area contributed by atoms with E-state index in [1.807, 2.05) is 0 Å². The van der Waals surface area contributed by atoms with E-state index in [1.165, 1.54) is 16.2 Å². The first-order chi connectivity index (χ1) is 18.0. The van der Waals surface area contributed by atoms with Crippen molar-refractivity contribution in [3.05, 3.63) is 84.5 Å². The Labute approximate surface area is 242 Å². The van der Waals surface area contributed by atoms with E-state index >= 15 is 0 Å². The Balaban J connectivity index is 1.86. The minimum Gasteiger partial charge on any atom is -0.410 e. The largest absolute Gasteiger partial charge is 0.410 e. The molecule has 39 heavy (non-hydrogen) atoms. The maximum Gasteiger partial charge on any atom is 0.192 e. The summed E-state index contributed by atoms with van der Waals surface area (Å²) in [6.07, 6.45) is 3.97. The third-order valence-electron chi connectivity index (χ3n) is 8.77. The maximum atomic E-state index is 6.98. The molecule has 3 rings (SSSR count). The summed E-state index contributed by atoms with van der Waals surface area (Å²) in [5.41, 5.74) is 2.46. The number of hydrogen-bond acceptors (Lipinski definition) is 3. The molecule has 0 bridgehead atoms. The fraction of sp³-hybridized carbons (Fsp3) is 0.515. The Morgan fingerprint density at radius 1 is 0.744 bits per heavy atom. The fourth-order valence-corrected chi connectivity index (χ4v) is 8.45. The van der Waals surface area contributed by atoms with Gasteiger partial charge in [0.05, 0.1) is 27.0 Å². The van der Waals surface area contributed by atoms with Crippen molar-refractivity contribution in [1.82, 2.24) is 0 Å². The predicted molar refractivity (Wildman–Crippen MR) is 176 cm³/mol. The SMILES string of the molecule is C=C1[C@H](O[Si](C)(C)C(C)(C)C)CC(=CCOP(c2ccccc2)c2ccccc2)C[C@H]1O[Si](C)(C)C(C)(C)C. The average molecular weight is 583 g/mol. The topological polar surface area (TPSA) is 27.7 Å². The van der Waals surface area contributed by atoms with E-state index < -0.39 is 24.8 Å². The third kappa shape index (κ3) is 8.34. The van der Waals surface area contributed by atoms with Crippen LogP contribution in [0.5, 0.6) is 0 Å². The van der Waals surface area contributed by atoms with Crippen molar-refractivity contribution in [2.45, 2.75) is 103 Å². The monoisotopic (exact) mass is 582 g/mol. The Kier molecular flexibility index (Phi) is 10.5. The standard InChI is InChI=1S/C33H51O3PSi2/c1-26-30(35-38(8,9)32(2,3)4)24-27(25-31(26)36-39(10,11)33(5,6)7)22-23-34-37(28-18-14-12-15-19-28)29-20-16-13-17-21-29/h12-22,30-31H,1,23-25H2,2-11H3/t30-,31-/m1/s1. The number of benzene rings is 2. The van der Waals surface area contributed by atoms with Gasteiger partial charge in [0.2, 0.25) is 0 Å². The lowest BCUT2D eigenvalue weighted by Gasteiger charge is -2.46. The van der Waals surface area contributed by atoms with Crippen LogP contribution in [-0.2, 0) is 13.4 Å². The second-order valence-corrected chi connectivity index (χ2v) is 25.2. The lowest BCUT2D eigenvalue weighted by atomic mass is 9.86. The maximum absolute atomic E-state index is 6.98. The van der Waals surface area contributed by atoms with E-state index in [0.717, 1.165) is 18.4 Å². The fourth-order valence-electron chi connectivity index (χ4n) is 4.15. The van der Waals surface area contributed by atoms with Gasteiger partial charge in [-0.15, -0.1) is 0 Å². The lowest BCUT2D eigenvalue weighted by molar-refractivity contribution is 0.132. The predicted octanol–water partition coefficient (Wildman–Crippen LogP) is 9.11. The highest BCUT2D eigenvalue weighted by Crippen LogP contribution is 2.44. The van der Waals surface area contributed by atoms with Gasteiger partial charge in [0.15, 0.2) is 16.6 Å². The van der Waals surface area contributed by atoms with E-state index in [1.54, 1.807) is 0 Å². The van der Waals surface area contributed by atoms with Gasteiger partial charge < -0.3 is 13.4 Å². The first-order valence-corrected chi connectivity index (χ1v) is 21.3. The smallest absolute Gasteiger partial charge is 0.192 e. The summed E-state index contributed by atoms with van der Waals surface area (Å²) < 4.78 is 20.6. The first kappa shape index (κ1) is 32.2. The summed E-state index contributed by atoms with van der Waals surface area (Å²) in [7, 11) is -4.87. The molecule has 214 valence electrons. The van der Waals surface area contributed by atoms with Gasteiger partial charge in [-0.3, -0.25) is 0 Å². The molecule has 1 aliphatic carbocycles. The van der Waals surface area contributed by atoms with Crippen molar-refractivity contribution in [3.63, 3.8) is 0 Å². The van der Waals surface area contributed by atoms with Crippen LogP contribution in [0.4, 0.5) is 0 Å². The number of rotatable bonds is 9. The molecule has 1 aliphatic rings. The Morgan fingerprint density at radius 3 is 1.49 bits per heavy atom. The molecule has 6 heteroatoms. The molecule has 0 N–H and O–H groups in total. The molecule has 0 unspecified atom stereocenters. The first-order valence-electron chi connectivity index (χ1n) is 14.3. The van der Waals surface area contributed by atoms with Crippen LogP contribution in [0.25, 0.3) is 0 Å². The molecule has 0 aromatic heterocycles. The van der Waals surface area contributed by atoms with Crippen LogP contribution in [-0.4, -0.2) is 35.4 Å². The highest BCUT2D eigenvalue weighted by atomic mass is 31.1. The van der Waals surface area contributed by atoms with Crippen LogP contribution in [0.15, 0.2) is 84.5 Å². The van der Waals surface area contributed by atoms with Gasteiger partial charge in [-0.05, 0) is 54.7 Å². The van der Waals surface area contributed by atoms with Crippen molar-refractivity contribution >= 4 is 35.4 Å². The van der Waals surface area contributed by atoms with Crippen molar-refractivity contribution in [3.8, 4) is 0 Å². The molecule has 0 aliphatic heterocycles. The summed E-state index contributed by atoms with van der Waals surface area (Å²) in [6.45, 7) is 28.3. The molecule has 0 spiro atoms. The van der Waals surface area contributed by atoms with Gasteiger partial charge in [0, 0.05) is 10.6 Å². The summed E-state index contributed by atoms with van der Waals surface area (Å²) in [5, 5.41) is 2.73. The van der Waals surface area contributed by atoms with Gasteiger partial charge in [-0.1, -0.05) is 120 Å². The summed E-state index contributed by atoms with van der Waals surface area (Å²) >= 11 is 0. The van der Waals surface area contributed by atoms with Crippen LogP contribution >= 0.6 is 8.15 Å². The van der Waals surface area contributed by atoms with Crippen molar-refractivity contribution in [1.29, 1.82) is 0 Å². The molecule has 3 nitrogen and oxygen atoms in total. The second-order valence-electron chi connectivity index (χ2n) is 13.8. The van der Waals surface area contributed by atoms with Gasteiger partial charge in [-0.25, -0.2) is 0 Å². The van der Waals surface area contributed by atoms with Crippen LogP contribution in [0, 0.1) is 0 Å². The van der Waals surface area contributed by atoms with Crippen molar-refractivity contribution in [2.75, 3.05) is 6.61 Å². The normalized spacial score (nSPS) is 19.5. The van der Waals surface area contributed by atoms with E-state index in [9.17, 15) is 0 Å². The van der Waals surface area contributed by atoms with E-state index in [0.29, 0.717) is 6.61 Å². The molecule has 0 heterocycles. The molecule has 1 saturated carbocycles. The number of hydrogen-bond donors (Lipinski definition) is 0. The minimum absolute atomic E-state index is 0.0228. The lowest BCUT2D eigenvalue weighted by Crippen LogP contribution is -2.49. The van der Waals surface area contributed by atoms with Gasteiger partial charge >= 0.3 is 0 Å². The zero-order valence-electron chi connectivity index (χ0n) is 26.0. The minimum atomic E-state index is -1.99. The zero-order chi connectivity index (χ0) is 29.1. The van der Waals surface area contributed by atoms with Crippen LogP contribution in [0.2, 0.25) is 36.3 Å². The molecule has 2 aromatic rings. The van der Waals surface area contributed by atoms with Crippen molar-refractivity contribution in [2.24, 2.45) is 0 Å². The van der Waals surface area contributed by atoms with Gasteiger partial charge in [0.1, 0.15) is 0 Å². The van der Waals surface area contributed by atoms with Gasteiger partial charge in [0.25, 0.3) is 0 Å². The molecule has 1 fully saturated rings. The highest BCUT2D eigenvalue weighted by Gasteiger charge is 2.45. The molecule has 2 atom stereocenters. The van der Waals surface area contributed by atoms with Crippen LogP contribution in [0.1, 0.15) is 54.4 Å². The molecule has 0 amide bonds. The average Bonchev–Trinajstić information content (AvgIpc) is 2.84. The summed E-state index contributed by atoms with van der Waals surface area (Å²) in [6, 6.07) is 21.2. The molecule has 0 radical (unpaired) electrons. The quantitative estimate of drug-likeness (QED) is 0.168. The second kappa shape index (κ2) is 12.7. The summed E-state index contributed by atoms with van der Waals surface area (Å²) in [5.74, 6) is 0. The van der Waals surface area contributed by atoms with E-state index in [4.69, 9.17) is 13.4 Å². The molecule has 2 aromatic carbocycles. The van der Waals surface area contributed by atoms with Crippen LogP contribution in [0.3, 0.4) is 0 Å². The highest BCUT2D eigenvalue weighted by molar-refractivity contribution is 7.68. The molecular formula is C33H51O3PSi2. The van der Waals surface area contributed by atoms with E-state index in [-0.39, 0.29) is 22.3 Å². The Hall–Kier alpha value is -1.34. The Morgan fingerprint density at radius 2 is 1.13 bits per heavy atom. The molecular weight excluding hydrogens is 532 g/mol. The Bertz CT molecular complexity index is 1030. The van der Waals surface area contributed by atoms with Crippen molar-refractivity contribution < 1.29 is 13.4 Å².